The van der Waals surface area contributed by atoms with Crippen molar-refractivity contribution in [2.45, 2.75) is 181 Å². The molecule has 1 aromatic heterocycles. The zero-order valence-electron chi connectivity index (χ0n) is 28.7. The first-order valence-electron chi connectivity index (χ1n) is 18.3. The van der Waals surface area contributed by atoms with E-state index in [0.29, 0.717) is 12.8 Å². The Bertz CT molecular complexity index is 807. The molecule has 0 radical (unpaired) electrons. The van der Waals surface area contributed by atoms with Crippen LogP contribution in [0.2, 0.25) is 0 Å². The molecule has 5 heteroatoms. The molecular formula is C39H68N2O3. The van der Waals surface area contributed by atoms with Crippen LogP contribution in [0.15, 0.2) is 48.8 Å². The van der Waals surface area contributed by atoms with Crippen LogP contribution in [0.1, 0.15) is 181 Å². The van der Waals surface area contributed by atoms with E-state index >= 15 is 0 Å². The second-order valence-electron chi connectivity index (χ2n) is 12.1. The number of carbonyl (C=O) groups excluding carboxylic acids is 1. The largest absolute Gasteiger partial charge is 0.481 e. The number of carbonyl (C=O) groups is 2. The Kier molecular flexibility index (Phi) is 33.1. The minimum Gasteiger partial charge on any atom is -0.481 e. The first-order chi connectivity index (χ1) is 21.6. The van der Waals surface area contributed by atoms with E-state index in [1.807, 2.05) is 12.1 Å². The number of aliphatic carboxylic acids is 1. The van der Waals surface area contributed by atoms with Crippen molar-refractivity contribution in [1.82, 2.24) is 4.98 Å². The quantitative estimate of drug-likeness (QED) is 0.0696. The smallest absolute Gasteiger partial charge is 0.303 e. The Balaban J connectivity index is 0.000000875. The molecule has 0 unspecified atom stereocenters. The van der Waals surface area contributed by atoms with Gasteiger partial charge in [-0.15, -0.1) is 0 Å². The highest BCUT2D eigenvalue weighted by molar-refractivity contribution is 5.90. The summed E-state index contributed by atoms with van der Waals surface area (Å²) >= 11 is 0. The Morgan fingerprint density at radius 1 is 0.568 bits per heavy atom. The fraction of sp³-hybridized carbons (Fsp3) is 0.718. The molecule has 0 spiro atoms. The highest BCUT2D eigenvalue weighted by Gasteiger charge is 2.01. The van der Waals surface area contributed by atoms with Gasteiger partial charge in [0.15, 0.2) is 0 Å². The molecule has 0 aromatic carbocycles. The van der Waals surface area contributed by atoms with Crippen molar-refractivity contribution in [3.05, 3.63) is 48.8 Å². The number of carboxylic acid groups (broad SMARTS) is 1. The number of amides is 1. The van der Waals surface area contributed by atoms with Crippen LogP contribution in [-0.2, 0) is 9.59 Å². The van der Waals surface area contributed by atoms with Crippen molar-refractivity contribution in [3.63, 3.8) is 0 Å². The monoisotopic (exact) mass is 613 g/mol. The van der Waals surface area contributed by atoms with Gasteiger partial charge in [-0.05, 0) is 76.3 Å². The minimum absolute atomic E-state index is 0.105. The molecule has 0 saturated heterocycles. The van der Waals surface area contributed by atoms with Gasteiger partial charge in [-0.3, -0.25) is 14.6 Å². The van der Waals surface area contributed by atoms with Crippen LogP contribution in [0.5, 0.6) is 0 Å². The zero-order chi connectivity index (χ0) is 32.2. The van der Waals surface area contributed by atoms with Gasteiger partial charge in [-0.2, -0.15) is 0 Å². The van der Waals surface area contributed by atoms with Gasteiger partial charge in [-0.1, -0.05) is 128 Å². The van der Waals surface area contributed by atoms with Crippen LogP contribution >= 0.6 is 0 Å². The Labute approximate surface area is 271 Å². The number of aromatic nitrogens is 1. The molecule has 2 N–H and O–H groups in total. The summed E-state index contributed by atoms with van der Waals surface area (Å²) in [5, 5.41) is 11.4. The third-order valence-electron chi connectivity index (χ3n) is 7.78. The number of anilines is 1. The summed E-state index contributed by atoms with van der Waals surface area (Å²) in [6.45, 7) is 4.51. The Morgan fingerprint density at radius 2 is 0.932 bits per heavy atom. The molecule has 252 valence electrons. The first kappa shape index (κ1) is 41.6. The zero-order valence-corrected chi connectivity index (χ0v) is 28.7. The number of unbranched alkanes of at least 4 members (excludes halogenated alkanes) is 20. The molecule has 0 aliphatic rings. The van der Waals surface area contributed by atoms with Gasteiger partial charge in [0, 0.05) is 30.9 Å². The fourth-order valence-electron chi connectivity index (χ4n) is 5.01. The molecular weight excluding hydrogens is 544 g/mol. The minimum atomic E-state index is -0.665. The van der Waals surface area contributed by atoms with Gasteiger partial charge in [0.2, 0.25) is 5.91 Å². The van der Waals surface area contributed by atoms with E-state index in [-0.39, 0.29) is 5.91 Å². The van der Waals surface area contributed by atoms with Crippen molar-refractivity contribution in [3.8, 4) is 0 Å². The van der Waals surface area contributed by atoms with Crippen LogP contribution in [0.4, 0.5) is 5.69 Å². The lowest BCUT2D eigenvalue weighted by Crippen LogP contribution is -2.10. The Hall–Kier alpha value is -2.43. The number of nitrogens with one attached hydrogen (secondary N) is 1. The standard InChI is InChI=1S/C22H36N2O.C17H32O2/c1-2-3-4-5-6-7-8-9-10-11-12-13-14-15-16-22(25)24-21-17-19-23-20-18-21;1-2-3-4-5-6-7-8-9-10-11-12-13-14-15-16-17(18)19/h8-9,17-20H,2-7,10-16H2,1H3,(H,23,24,25);8-9H,2-7,10-16H2,1H3,(H,18,19)/b2*9-8-. The van der Waals surface area contributed by atoms with E-state index < -0.39 is 5.97 Å². The van der Waals surface area contributed by atoms with Gasteiger partial charge in [0.25, 0.3) is 0 Å². The lowest BCUT2D eigenvalue weighted by Gasteiger charge is -2.04. The third-order valence-corrected chi connectivity index (χ3v) is 7.78. The average Bonchev–Trinajstić information content (AvgIpc) is 3.02. The molecule has 1 aromatic rings. The number of hydrogen-bond donors (Lipinski definition) is 2. The van der Waals surface area contributed by atoms with E-state index in [2.05, 4.69) is 48.5 Å². The topological polar surface area (TPSA) is 79.3 Å². The average molecular weight is 613 g/mol. The summed E-state index contributed by atoms with van der Waals surface area (Å²) in [4.78, 5) is 26.0. The summed E-state index contributed by atoms with van der Waals surface area (Å²) in [7, 11) is 0. The summed E-state index contributed by atoms with van der Waals surface area (Å²) in [5.74, 6) is -0.560. The van der Waals surface area contributed by atoms with Crippen molar-refractivity contribution < 1.29 is 14.7 Å². The summed E-state index contributed by atoms with van der Waals surface area (Å²) in [5.41, 5.74) is 0.831. The van der Waals surface area contributed by atoms with Crippen molar-refractivity contribution >= 4 is 17.6 Å². The van der Waals surface area contributed by atoms with E-state index in [1.54, 1.807) is 12.4 Å². The van der Waals surface area contributed by atoms with Gasteiger partial charge in [0.05, 0.1) is 0 Å². The SMILES string of the molecule is CCCCCCC/C=C\CCCCCCCC(=O)Nc1ccncc1.CCCCCCC/C=C\CCCCCCCC(=O)O. The maximum Gasteiger partial charge on any atom is 0.303 e. The van der Waals surface area contributed by atoms with Crippen molar-refractivity contribution in [1.29, 1.82) is 0 Å². The van der Waals surface area contributed by atoms with Crippen LogP contribution in [0.25, 0.3) is 0 Å². The van der Waals surface area contributed by atoms with Crippen molar-refractivity contribution in [2.75, 3.05) is 5.32 Å². The molecule has 44 heavy (non-hydrogen) atoms. The first-order valence-corrected chi connectivity index (χ1v) is 18.3. The van der Waals surface area contributed by atoms with E-state index in [0.717, 1.165) is 31.4 Å². The predicted octanol–water partition coefficient (Wildman–Crippen LogP) is 12.4. The maximum absolute atomic E-state index is 11.8. The highest BCUT2D eigenvalue weighted by Crippen LogP contribution is 2.12. The lowest BCUT2D eigenvalue weighted by molar-refractivity contribution is -0.137. The molecule has 0 saturated carbocycles. The van der Waals surface area contributed by atoms with Gasteiger partial charge >= 0.3 is 5.97 Å². The van der Waals surface area contributed by atoms with E-state index in [9.17, 15) is 9.59 Å². The summed E-state index contributed by atoms with van der Waals surface area (Å²) in [6, 6.07) is 3.63. The number of rotatable bonds is 29. The highest BCUT2D eigenvalue weighted by atomic mass is 16.4. The second kappa shape index (κ2) is 35.1. The van der Waals surface area contributed by atoms with Gasteiger partial charge < -0.3 is 10.4 Å². The third kappa shape index (κ3) is 34.1. The summed E-state index contributed by atoms with van der Waals surface area (Å²) < 4.78 is 0. The predicted molar refractivity (Wildman–Crippen MR) is 190 cm³/mol. The molecule has 1 amide bonds. The number of hydrogen-bond acceptors (Lipinski definition) is 3. The fourth-order valence-corrected chi connectivity index (χ4v) is 5.01. The van der Waals surface area contributed by atoms with Crippen LogP contribution in [-0.4, -0.2) is 22.0 Å². The molecule has 1 heterocycles. The molecule has 0 fully saturated rings. The second-order valence-corrected chi connectivity index (χ2v) is 12.1. The lowest BCUT2D eigenvalue weighted by atomic mass is 10.1. The summed E-state index contributed by atoms with van der Waals surface area (Å²) in [6.07, 6.45) is 43.7. The molecule has 0 aliphatic carbocycles. The number of pyridine rings is 1. The van der Waals surface area contributed by atoms with Crippen LogP contribution in [0, 0.1) is 0 Å². The molecule has 5 nitrogen and oxygen atoms in total. The van der Waals surface area contributed by atoms with Gasteiger partial charge in [0.1, 0.15) is 0 Å². The number of carboxylic acids is 1. The Morgan fingerprint density at radius 3 is 1.34 bits per heavy atom. The normalized spacial score (nSPS) is 11.1. The van der Waals surface area contributed by atoms with E-state index in [1.165, 1.54) is 128 Å². The van der Waals surface area contributed by atoms with Crippen LogP contribution < -0.4 is 5.32 Å². The molecule has 0 aliphatic heterocycles. The van der Waals surface area contributed by atoms with Crippen molar-refractivity contribution in [2.24, 2.45) is 0 Å². The maximum atomic E-state index is 11.8. The van der Waals surface area contributed by atoms with Crippen LogP contribution in [0.3, 0.4) is 0 Å². The van der Waals surface area contributed by atoms with Gasteiger partial charge in [-0.25, -0.2) is 0 Å². The number of nitrogens with zero attached hydrogens (tertiary/aromatic N) is 1. The molecule has 1 rings (SSSR count). The molecule has 0 atom stereocenters. The molecule has 0 bridgehead atoms. The number of allylic oxidation sites excluding steroid dienone is 4. The van der Waals surface area contributed by atoms with E-state index in [4.69, 9.17) is 5.11 Å².